The molecule has 0 aromatic heterocycles. The highest BCUT2D eigenvalue weighted by Crippen LogP contribution is 2.34. The van der Waals surface area contributed by atoms with Gasteiger partial charge in [0, 0.05) is 19.1 Å². The van der Waals surface area contributed by atoms with E-state index in [-0.39, 0.29) is 23.6 Å². The number of hydrogen-bond acceptors (Lipinski definition) is 3. The van der Waals surface area contributed by atoms with E-state index in [1.54, 1.807) is 0 Å². The van der Waals surface area contributed by atoms with Gasteiger partial charge in [0.25, 0.3) is 0 Å². The molecule has 146 valence electrons. The standard InChI is InChI=1S/C19H36N2O3S/c1-5-11-25(23,24)21-10-6-7-16(13-21)19(22)20-18-12-15(4)8-9-17(18)14(2)3/h14-18H,5-13H2,1-4H3,(H,20,22). The Hall–Kier alpha value is -0.620. The fourth-order valence-electron chi connectivity index (χ4n) is 4.46. The molecule has 1 amide bonds. The first kappa shape index (κ1) is 20.7. The van der Waals surface area contributed by atoms with E-state index in [1.807, 2.05) is 6.92 Å². The van der Waals surface area contributed by atoms with Gasteiger partial charge in [0.15, 0.2) is 0 Å². The van der Waals surface area contributed by atoms with Crippen LogP contribution >= 0.6 is 0 Å². The van der Waals surface area contributed by atoms with E-state index in [1.165, 1.54) is 17.1 Å². The summed E-state index contributed by atoms with van der Waals surface area (Å²) in [4.78, 5) is 12.8. The third-order valence-electron chi connectivity index (χ3n) is 5.96. The van der Waals surface area contributed by atoms with Gasteiger partial charge in [-0.1, -0.05) is 34.1 Å². The minimum Gasteiger partial charge on any atom is -0.353 e. The highest BCUT2D eigenvalue weighted by atomic mass is 32.2. The molecule has 1 aliphatic carbocycles. The lowest BCUT2D eigenvalue weighted by Gasteiger charge is -2.39. The first-order chi connectivity index (χ1) is 11.7. The van der Waals surface area contributed by atoms with Crippen molar-refractivity contribution < 1.29 is 13.2 Å². The van der Waals surface area contributed by atoms with Gasteiger partial charge in [-0.2, -0.15) is 0 Å². The number of nitrogens with zero attached hydrogens (tertiary/aromatic N) is 1. The van der Waals surface area contributed by atoms with Crippen molar-refractivity contribution in [2.75, 3.05) is 18.8 Å². The Morgan fingerprint density at radius 2 is 1.96 bits per heavy atom. The molecule has 1 heterocycles. The van der Waals surface area contributed by atoms with Crippen molar-refractivity contribution >= 4 is 15.9 Å². The van der Waals surface area contributed by atoms with Gasteiger partial charge in [0.1, 0.15) is 0 Å². The van der Waals surface area contributed by atoms with Crippen molar-refractivity contribution in [3.63, 3.8) is 0 Å². The number of carbonyl (C=O) groups excluding carboxylic acids is 1. The van der Waals surface area contributed by atoms with E-state index in [0.717, 1.165) is 19.3 Å². The quantitative estimate of drug-likeness (QED) is 0.779. The smallest absolute Gasteiger partial charge is 0.224 e. The summed E-state index contributed by atoms with van der Waals surface area (Å²) in [6.45, 7) is 9.51. The summed E-state index contributed by atoms with van der Waals surface area (Å²) in [7, 11) is -3.21. The van der Waals surface area contributed by atoms with Crippen LogP contribution in [0.4, 0.5) is 0 Å². The molecule has 0 spiro atoms. The maximum absolute atomic E-state index is 12.8. The lowest BCUT2D eigenvalue weighted by atomic mass is 9.74. The van der Waals surface area contributed by atoms with Gasteiger partial charge in [-0.25, -0.2) is 12.7 Å². The fraction of sp³-hybridized carbons (Fsp3) is 0.947. The summed E-state index contributed by atoms with van der Waals surface area (Å²) in [6.07, 6.45) is 5.63. The molecule has 4 unspecified atom stereocenters. The first-order valence-corrected chi connectivity index (χ1v) is 11.6. The van der Waals surface area contributed by atoms with E-state index >= 15 is 0 Å². The molecule has 5 nitrogen and oxygen atoms in total. The number of amides is 1. The Labute approximate surface area is 154 Å². The number of carbonyl (C=O) groups is 1. The van der Waals surface area contributed by atoms with Crippen LogP contribution in [0.15, 0.2) is 0 Å². The molecule has 1 saturated carbocycles. The van der Waals surface area contributed by atoms with E-state index < -0.39 is 10.0 Å². The molecule has 1 saturated heterocycles. The maximum Gasteiger partial charge on any atom is 0.224 e. The normalized spacial score (nSPS) is 31.9. The van der Waals surface area contributed by atoms with Crippen molar-refractivity contribution in [2.45, 2.75) is 72.3 Å². The zero-order valence-corrected chi connectivity index (χ0v) is 17.1. The average molecular weight is 373 g/mol. The number of piperidine rings is 1. The number of nitrogens with one attached hydrogen (secondary N) is 1. The number of hydrogen-bond donors (Lipinski definition) is 1. The molecule has 1 N–H and O–H groups in total. The van der Waals surface area contributed by atoms with Crippen LogP contribution in [0, 0.1) is 23.7 Å². The molecule has 25 heavy (non-hydrogen) atoms. The van der Waals surface area contributed by atoms with Gasteiger partial charge in [-0.05, 0) is 49.9 Å². The van der Waals surface area contributed by atoms with E-state index in [0.29, 0.717) is 37.3 Å². The summed E-state index contributed by atoms with van der Waals surface area (Å²) in [5.41, 5.74) is 0. The summed E-state index contributed by atoms with van der Waals surface area (Å²) in [6, 6.07) is 0.235. The molecule has 0 bridgehead atoms. The highest BCUT2D eigenvalue weighted by molar-refractivity contribution is 7.89. The molecule has 0 radical (unpaired) electrons. The lowest BCUT2D eigenvalue weighted by molar-refractivity contribution is -0.127. The third kappa shape index (κ3) is 5.43. The minimum absolute atomic E-state index is 0.0566. The van der Waals surface area contributed by atoms with Crippen LogP contribution in [0.25, 0.3) is 0 Å². The highest BCUT2D eigenvalue weighted by Gasteiger charge is 2.36. The third-order valence-corrected chi connectivity index (χ3v) is 8.00. The predicted octanol–water partition coefficient (Wildman–Crippen LogP) is 3.02. The molecule has 0 aromatic rings. The fourth-order valence-corrected chi connectivity index (χ4v) is 6.05. The second-order valence-corrected chi connectivity index (χ2v) is 10.5. The second kappa shape index (κ2) is 8.85. The van der Waals surface area contributed by atoms with E-state index in [4.69, 9.17) is 0 Å². The predicted molar refractivity (Wildman–Crippen MR) is 102 cm³/mol. The van der Waals surface area contributed by atoms with Gasteiger partial charge in [-0.3, -0.25) is 4.79 Å². The maximum atomic E-state index is 12.8. The average Bonchev–Trinajstić information content (AvgIpc) is 2.54. The second-order valence-electron chi connectivity index (χ2n) is 8.45. The molecule has 0 aromatic carbocycles. The number of rotatable bonds is 6. The molecule has 6 heteroatoms. The van der Waals surface area contributed by atoms with Crippen molar-refractivity contribution in [3.8, 4) is 0 Å². The SMILES string of the molecule is CCCS(=O)(=O)N1CCCC(C(=O)NC2CC(C)CCC2C(C)C)C1. The monoisotopic (exact) mass is 372 g/mol. The first-order valence-electron chi connectivity index (χ1n) is 10.0. The summed E-state index contributed by atoms with van der Waals surface area (Å²) >= 11 is 0. The van der Waals surface area contributed by atoms with Gasteiger partial charge >= 0.3 is 0 Å². The van der Waals surface area contributed by atoms with Crippen LogP contribution in [0.2, 0.25) is 0 Å². The van der Waals surface area contributed by atoms with Crippen LogP contribution < -0.4 is 5.32 Å². The van der Waals surface area contributed by atoms with Crippen LogP contribution in [0.3, 0.4) is 0 Å². The van der Waals surface area contributed by atoms with Gasteiger partial charge in [0.05, 0.1) is 11.7 Å². The summed E-state index contributed by atoms with van der Waals surface area (Å²) < 4.78 is 26.2. The Kier molecular flexibility index (Phi) is 7.32. The van der Waals surface area contributed by atoms with Gasteiger partial charge < -0.3 is 5.32 Å². The summed E-state index contributed by atoms with van der Waals surface area (Å²) in [5, 5.41) is 3.29. The molecular formula is C19H36N2O3S. The Bertz CT molecular complexity index is 547. The van der Waals surface area contributed by atoms with Crippen LogP contribution in [0.1, 0.15) is 66.2 Å². The van der Waals surface area contributed by atoms with Crippen LogP contribution in [-0.4, -0.2) is 43.5 Å². The van der Waals surface area contributed by atoms with E-state index in [2.05, 4.69) is 26.1 Å². The Morgan fingerprint density at radius 1 is 1.24 bits per heavy atom. The van der Waals surface area contributed by atoms with Crippen molar-refractivity contribution in [2.24, 2.45) is 23.7 Å². The zero-order valence-electron chi connectivity index (χ0n) is 16.3. The minimum atomic E-state index is -3.21. The van der Waals surface area contributed by atoms with Crippen molar-refractivity contribution in [1.29, 1.82) is 0 Å². The molecule has 1 aliphatic heterocycles. The Balaban J connectivity index is 1.99. The van der Waals surface area contributed by atoms with Gasteiger partial charge in [0.2, 0.25) is 15.9 Å². The lowest BCUT2D eigenvalue weighted by Crippen LogP contribution is -2.51. The van der Waals surface area contributed by atoms with Gasteiger partial charge in [-0.15, -0.1) is 0 Å². The van der Waals surface area contributed by atoms with Crippen molar-refractivity contribution in [1.82, 2.24) is 9.62 Å². The van der Waals surface area contributed by atoms with E-state index in [9.17, 15) is 13.2 Å². The molecule has 2 aliphatic rings. The van der Waals surface area contributed by atoms with Crippen LogP contribution in [0.5, 0.6) is 0 Å². The Morgan fingerprint density at radius 3 is 2.60 bits per heavy atom. The van der Waals surface area contributed by atoms with Crippen molar-refractivity contribution in [3.05, 3.63) is 0 Å². The molecule has 2 fully saturated rings. The topological polar surface area (TPSA) is 66.5 Å². The molecule has 4 atom stereocenters. The van der Waals surface area contributed by atoms with Crippen LogP contribution in [-0.2, 0) is 14.8 Å². The molecular weight excluding hydrogens is 336 g/mol. The largest absolute Gasteiger partial charge is 0.353 e. The summed E-state index contributed by atoms with van der Waals surface area (Å²) in [5.74, 6) is 1.77. The number of sulfonamides is 1. The molecule has 2 rings (SSSR count). The zero-order chi connectivity index (χ0) is 18.6.